The van der Waals surface area contributed by atoms with Gasteiger partial charge in [-0.25, -0.2) is 8.42 Å². The molecule has 2 fully saturated rings. The third-order valence-electron chi connectivity index (χ3n) is 5.35. The quantitative estimate of drug-likeness (QED) is 0.790. The van der Waals surface area contributed by atoms with Crippen LogP contribution in [0.5, 0.6) is 5.75 Å². The molecule has 6 nitrogen and oxygen atoms in total. The lowest BCUT2D eigenvalue weighted by Gasteiger charge is -2.29. The van der Waals surface area contributed by atoms with Crippen molar-refractivity contribution in [3.8, 4) is 5.75 Å². The summed E-state index contributed by atoms with van der Waals surface area (Å²) < 4.78 is 28.5. The van der Waals surface area contributed by atoms with Gasteiger partial charge in [-0.2, -0.15) is 0 Å². The number of amides is 1. The van der Waals surface area contributed by atoms with E-state index in [4.69, 9.17) is 4.74 Å². The second-order valence-corrected chi connectivity index (χ2v) is 9.19. The fourth-order valence-corrected chi connectivity index (χ4v) is 5.56. The second-order valence-electron chi connectivity index (χ2n) is 6.96. The van der Waals surface area contributed by atoms with E-state index in [1.807, 2.05) is 12.1 Å². The Hall–Kier alpha value is -1.60. The molecule has 0 N–H and O–H groups in total. The van der Waals surface area contributed by atoms with Gasteiger partial charge in [-0.1, -0.05) is 12.1 Å². The molecule has 2 aliphatic rings. The third kappa shape index (κ3) is 4.15. The molecule has 2 saturated heterocycles. The average molecular weight is 366 g/mol. The standard InChI is InChI=1S/C18H26N2O4S/c1-19(15-9-11-25(22,23)13-15)18(21)12-20-10-3-4-17(20)14-5-7-16(24-2)8-6-14/h5-8,15,17H,3-4,9-13H2,1-2H3/t15-,17-/m0/s1. The highest BCUT2D eigenvalue weighted by atomic mass is 32.2. The Morgan fingerprint density at radius 1 is 1.28 bits per heavy atom. The summed E-state index contributed by atoms with van der Waals surface area (Å²) in [5, 5.41) is 0. The van der Waals surface area contributed by atoms with Crippen LogP contribution in [0.25, 0.3) is 0 Å². The summed E-state index contributed by atoms with van der Waals surface area (Å²) in [6.45, 7) is 1.23. The fraction of sp³-hybridized carbons (Fsp3) is 0.611. The molecular weight excluding hydrogens is 340 g/mol. The Balaban J connectivity index is 1.63. The lowest BCUT2D eigenvalue weighted by atomic mass is 10.0. The number of carbonyl (C=O) groups is 1. The Morgan fingerprint density at radius 3 is 2.60 bits per heavy atom. The molecule has 0 radical (unpaired) electrons. The molecule has 1 amide bonds. The van der Waals surface area contributed by atoms with E-state index >= 15 is 0 Å². The van der Waals surface area contributed by atoms with E-state index in [0.717, 1.165) is 25.1 Å². The summed E-state index contributed by atoms with van der Waals surface area (Å²) in [6.07, 6.45) is 2.64. The molecule has 0 aliphatic carbocycles. The first-order valence-corrected chi connectivity index (χ1v) is 10.6. The largest absolute Gasteiger partial charge is 0.497 e. The minimum absolute atomic E-state index is 0.00233. The van der Waals surface area contributed by atoms with E-state index in [9.17, 15) is 13.2 Å². The molecule has 2 atom stereocenters. The number of benzene rings is 1. The highest BCUT2D eigenvalue weighted by Gasteiger charge is 2.34. The summed E-state index contributed by atoms with van der Waals surface area (Å²) in [4.78, 5) is 16.5. The highest BCUT2D eigenvalue weighted by Crippen LogP contribution is 2.32. The van der Waals surface area contributed by atoms with Crippen molar-refractivity contribution < 1.29 is 17.9 Å². The van der Waals surface area contributed by atoms with Crippen molar-refractivity contribution in [3.05, 3.63) is 29.8 Å². The average Bonchev–Trinajstić information content (AvgIpc) is 3.20. The summed E-state index contributed by atoms with van der Waals surface area (Å²) >= 11 is 0. The van der Waals surface area contributed by atoms with Gasteiger partial charge in [0.05, 0.1) is 25.2 Å². The van der Waals surface area contributed by atoms with E-state index in [1.54, 1.807) is 19.1 Å². The van der Waals surface area contributed by atoms with Crippen LogP contribution in [-0.4, -0.2) is 68.9 Å². The Labute approximate surface area is 149 Å². The van der Waals surface area contributed by atoms with Crippen LogP contribution in [0.3, 0.4) is 0 Å². The van der Waals surface area contributed by atoms with Gasteiger partial charge in [-0.15, -0.1) is 0 Å². The first kappa shape index (κ1) is 18.2. The van der Waals surface area contributed by atoms with Crippen molar-refractivity contribution >= 4 is 15.7 Å². The van der Waals surface area contributed by atoms with Crippen LogP contribution in [0.15, 0.2) is 24.3 Å². The van der Waals surface area contributed by atoms with Crippen LogP contribution in [0.1, 0.15) is 30.9 Å². The van der Waals surface area contributed by atoms with Gasteiger partial charge >= 0.3 is 0 Å². The van der Waals surface area contributed by atoms with Gasteiger partial charge in [0.15, 0.2) is 9.84 Å². The van der Waals surface area contributed by atoms with Gasteiger partial charge in [0.2, 0.25) is 5.91 Å². The Bertz CT molecular complexity index is 717. The number of carbonyl (C=O) groups excluding carboxylic acids is 1. The van der Waals surface area contributed by atoms with E-state index < -0.39 is 9.84 Å². The third-order valence-corrected chi connectivity index (χ3v) is 7.10. The lowest BCUT2D eigenvalue weighted by molar-refractivity contribution is -0.133. The molecular formula is C18H26N2O4S. The molecule has 0 bridgehead atoms. The van der Waals surface area contributed by atoms with E-state index in [0.29, 0.717) is 13.0 Å². The van der Waals surface area contributed by atoms with Crippen LogP contribution in [0.2, 0.25) is 0 Å². The number of sulfone groups is 1. The molecule has 0 spiro atoms. The summed E-state index contributed by atoms with van der Waals surface area (Å²) in [5.41, 5.74) is 1.19. The first-order chi connectivity index (χ1) is 11.9. The SMILES string of the molecule is COc1ccc([C@@H]2CCCN2CC(=O)N(C)[C@H]2CCS(=O)(=O)C2)cc1. The summed E-state index contributed by atoms with van der Waals surface area (Å²) in [5.74, 6) is 1.11. The number of methoxy groups -OCH3 is 1. The van der Waals surface area contributed by atoms with Crippen molar-refractivity contribution in [2.24, 2.45) is 0 Å². The predicted octanol–water partition coefficient (Wildman–Crippen LogP) is 1.48. The molecule has 0 saturated carbocycles. The van der Waals surface area contributed by atoms with Crippen LogP contribution >= 0.6 is 0 Å². The summed E-state index contributed by atoms with van der Waals surface area (Å²) in [7, 11) is 0.395. The first-order valence-electron chi connectivity index (χ1n) is 8.74. The maximum absolute atomic E-state index is 12.6. The number of nitrogens with zero attached hydrogens (tertiary/aromatic N) is 2. The smallest absolute Gasteiger partial charge is 0.236 e. The van der Waals surface area contributed by atoms with E-state index in [-0.39, 0.29) is 29.5 Å². The molecule has 3 rings (SSSR count). The minimum Gasteiger partial charge on any atom is -0.497 e. The van der Waals surface area contributed by atoms with Crippen molar-refractivity contribution in [2.75, 3.05) is 38.8 Å². The number of hydrogen-bond acceptors (Lipinski definition) is 5. The normalized spacial score (nSPS) is 25.8. The maximum atomic E-state index is 12.6. The molecule has 25 heavy (non-hydrogen) atoms. The van der Waals surface area contributed by atoms with Gasteiger partial charge in [-0.3, -0.25) is 9.69 Å². The molecule has 0 unspecified atom stereocenters. The van der Waals surface area contributed by atoms with Crippen molar-refractivity contribution in [1.82, 2.24) is 9.80 Å². The van der Waals surface area contributed by atoms with Crippen molar-refractivity contribution in [2.45, 2.75) is 31.3 Å². The van der Waals surface area contributed by atoms with Gasteiger partial charge in [-0.05, 0) is 43.5 Å². The number of likely N-dealkylation sites (N-methyl/N-ethyl adjacent to an activating group) is 1. The predicted molar refractivity (Wildman–Crippen MR) is 96.4 cm³/mol. The molecule has 138 valence electrons. The zero-order chi connectivity index (χ0) is 18.0. The maximum Gasteiger partial charge on any atom is 0.236 e. The molecule has 0 aromatic heterocycles. The highest BCUT2D eigenvalue weighted by molar-refractivity contribution is 7.91. The fourth-order valence-electron chi connectivity index (χ4n) is 3.79. The zero-order valence-electron chi connectivity index (χ0n) is 14.8. The second kappa shape index (κ2) is 7.33. The van der Waals surface area contributed by atoms with Gasteiger partial charge in [0.1, 0.15) is 5.75 Å². The van der Waals surface area contributed by atoms with E-state index in [1.165, 1.54) is 5.56 Å². The van der Waals surface area contributed by atoms with Crippen molar-refractivity contribution in [1.29, 1.82) is 0 Å². The van der Waals surface area contributed by atoms with E-state index in [2.05, 4.69) is 17.0 Å². The molecule has 1 aromatic rings. The molecule has 1 aromatic carbocycles. The monoisotopic (exact) mass is 366 g/mol. The Morgan fingerprint density at radius 2 is 2.00 bits per heavy atom. The van der Waals surface area contributed by atoms with Crippen molar-refractivity contribution in [3.63, 3.8) is 0 Å². The number of ether oxygens (including phenoxy) is 1. The minimum atomic E-state index is -2.98. The van der Waals surface area contributed by atoms with Gasteiger partial charge < -0.3 is 9.64 Å². The van der Waals surface area contributed by atoms with Crippen LogP contribution in [0, 0.1) is 0 Å². The van der Waals surface area contributed by atoms with Gasteiger partial charge in [0, 0.05) is 19.1 Å². The zero-order valence-corrected chi connectivity index (χ0v) is 15.7. The van der Waals surface area contributed by atoms with Crippen LogP contribution < -0.4 is 4.74 Å². The number of likely N-dealkylation sites (tertiary alicyclic amines) is 1. The Kier molecular flexibility index (Phi) is 5.34. The van der Waals surface area contributed by atoms with Gasteiger partial charge in [0.25, 0.3) is 0 Å². The van der Waals surface area contributed by atoms with Crippen LogP contribution in [0.4, 0.5) is 0 Å². The lowest BCUT2D eigenvalue weighted by Crippen LogP contribution is -2.43. The topological polar surface area (TPSA) is 66.9 Å². The number of rotatable bonds is 5. The number of hydrogen-bond donors (Lipinski definition) is 0. The van der Waals surface area contributed by atoms with Crippen LogP contribution in [-0.2, 0) is 14.6 Å². The molecule has 2 aliphatic heterocycles. The molecule has 2 heterocycles. The summed E-state index contributed by atoms with van der Waals surface area (Å²) in [6, 6.07) is 8.06. The molecule has 7 heteroatoms.